The van der Waals surface area contributed by atoms with Crippen LogP contribution < -0.4 is 14.8 Å². The molecule has 1 unspecified atom stereocenters. The first-order chi connectivity index (χ1) is 16.3. The third-order valence-electron chi connectivity index (χ3n) is 5.17. The molecule has 0 saturated carbocycles. The summed E-state index contributed by atoms with van der Waals surface area (Å²) in [5.74, 6) is 0.333. The Bertz CT molecular complexity index is 1260. The first kappa shape index (κ1) is 23.7. The number of allylic oxidation sites excluding steroid dienone is 1. The van der Waals surface area contributed by atoms with Crippen LogP contribution in [0.4, 0.5) is 10.3 Å². The first-order valence-corrected chi connectivity index (χ1v) is 11.3. The smallest absolute Gasteiger partial charge is 0.338 e. The van der Waals surface area contributed by atoms with E-state index in [0.29, 0.717) is 44.3 Å². The highest BCUT2D eigenvalue weighted by atomic mass is 79.9. The Morgan fingerprint density at radius 2 is 2.06 bits per heavy atom. The molecule has 4 rings (SSSR count). The Kier molecular flexibility index (Phi) is 6.82. The Balaban J connectivity index is 1.74. The van der Waals surface area contributed by atoms with Crippen LogP contribution in [0.2, 0.25) is 0 Å². The van der Waals surface area contributed by atoms with Crippen molar-refractivity contribution in [1.82, 2.24) is 20.2 Å². The predicted molar refractivity (Wildman–Crippen MR) is 125 cm³/mol. The molecule has 0 amide bonds. The zero-order valence-corrected chi connectivity index (χ0v) is 20.6. The van der Waals surface area contributed by atoms with E-state index in [4.69, 9.17) is 14.2 Å². The topological polar surface area (TPSA) is 100 Å². The standard InChI is InChI=1S/C23H23BrFN5O4/c1-12(2)34-22(31)19-13(3)26-23-27-28-29-30(23)20(19)15-9-16(24)21(18(10-15)32-4)33-11-14-7-5-6-8-17(14)25/h5-10,12,20H,11H2,1-4H3,(H,26,27,29). The van der Waals surface area contributed by atoms with E-state index in [0.717, 1.165) is 0 Å². The summed E-state index contributed by atoms with van der Waals surface area (Å²) >= 11 is 3.53. The maximum atomic E-state index is 14.0. The molecule has 1 N–H and O–H groups in total. The average molecular weight is 532 g/mol. The number of rotatable bonds is 7. The molecule has 0 saturated heterocycles. The Morgan fingerprint density at radius 3 is 2.76 bits per heavy atom. The van der Waals surface area contributed by atoms with Crippen LogP contribution in [0.5, 0.6) is 11.5 Å². The monoisotopic (exact) mass is 531 g/mol. The number of esters is 1. The maximum Gasteiger partial charge on any atom is 0.338 e. The summed E-state index contributed by atoms with van der Waals surface area (Å²) in [6.07, 6.45) is -0.306. The van der Waals surface area contributed by atoms with Gasteiger partial charge in [-0.3, -0.25) is 0 Å². The van der Waals surface area contributed by atoms with Gasteiger partial charge in [-0.1, -0.05) is 23.3 Å². The summed E-state index contributed by atoms with van der Waals surface area (Å²) in [7, 11) is 1.50. The van der Waals surface area contributed by atoms with E-state index in [9.17, 15) is 9.18 Å². The predicted octanol–water partition coefficient (Wildman–Crippen LogP) is 4.40. The van der Waals surface area contributed by atoms with E-state index in [1.165, 1.54) is 17.9 Å². The molecule has 11 heteroatoms. The molecule has 1 aliphatic rings. The number of carbonyl (C=O) groups is 1. The van der Waals surface area contributed by atoms with Gasteiger partial charge in [-0.05, 0) is 70.9 Å². The number of hydrogen-bond acceptors (Lipinski definition) is 8. The van der Waals surface area contributed by atoms with Crippen LogP contribution in [0.3, 0.4) is 0 Å². The van der Waals surface area contributed by atoms with Crippen molar-refractivity contribution in [1.29, 1.82) is 0 Å². The number of halogens is 2. The number of hydrogen-bond donors (Lipinski definition) is 1. The lowest BCUT2D eigenvalue weighted by Crippen LogP contribution is -2.30. The lowest BCUT2D eigenvalue weighted by atomic mass is 9.95. The van der Waals surface area contributed by atoms with E-state index in [-0.39, 0.29) is 18.5 Å². The van der Waals surface area contributed by atoms with Crippen LogP contribution >= 0.6 is 15.9 Å². The minimum atomic E-state index is -0.677. The van der Waals surface area contributed by atoms with E-state index >= 15 is 0 Å². The summed E-state index contributed by atoms with van der Waals surface area (Å²) in [6, 6.07) is 9.23. The van der Waals surface area contributed by atoms with Crippen molar-refractivity contribution < 1.29 is 23.4 Å². The number of aromatic nitrogens is 4. The molecule has 34 heavy (non-hydrogen) atoms. The van der Waals surface area contributed by atoms with Crippen molar-refractivity contribution in [3.8, 4) is 11.5 Å². The third kappa shape index (κ3) is 4.60. The van der Waals surface area contributed by atoms with Gasteiger partial charge in [0, 0.05) is 11.3 Å². The minimum Gasteiger partial charge on any atom is -0.493 e. The molecular formula is C23H23BrFN5O4. The summed E-state index contributed by atoms with van der Waals surface area (Å²) in [5.41, 5.74) is 2.01. The number of nitrogens with zero attached hydrogens (tertiary/aromatic N) is 4. The fourth-order valence-corrected chi connectivity index (χ4v) is 4.24. The van der Waals surface area contributed by atoms with Gasteiger partial charge < -0.3 is 19.5 Å². The van der Waals surface area contributed by atoms with Gasteiger partial charge in [0.1, 0.15) is 18.5 Å². The SMILES string of the molecule is COc1cc(C2C(C(=O)OC(C)C)=C(C)Nc3nnnn32)cc(Br)c1OCc1ccccc1F. The molecule has 1 aliphatic heterocycles. The molecule has 0 bridgehead atoms. The van der Waals surface area contributed by atoms with Crippen LogP contribution in [-0.4, -0.2) is 39.4 Å². The van der Waals surface area contributed by atoms with Crippen LogP contribution in [0.1, 0.15) is 37.9 Å². The van der Waals surface area contributed by atoms with E-state index in [1.807, 2.05) is 0 Å². The summed E-state index contributed by atoms with van der Waals surface area (Å²) in [6.45, 7) is 5.34. The molecule has 0 aliphatic carbocycles. The van der Waals surface area contributed by atoms with E-state index in [2.05, 4.69) is 36.8 Å². The number of ether oxygens (including phenoxy) is 3. The minimum absolute atomic E-state index is 0.0104. The average Bonchev–Trinajstić information content (AvgIpc) is 3.25. The van der Waals surface area contributed by atoms with Gasteiger partial charge in [0.2, 0.25) is 5.95 Å². The Hall–Kier alpha value is -3.47. The number of benzene rings is 2. The highest BCUT2D eigenvalue weighted by Gasteiger charge is 2.36. The maximum absolute atomic E-state index is 14.0. The fraction of sp³-hybridized carbons (Fsp3) is 0.304. The molecular weight excluding hydrogens is 509 g/mol. The van der Waals surface area contributed by atoms with Crippen LogP contribution in [0.15, 0.2) is 52.1 Å². The van der Waals surface area contributed by atoms with Gasteiger partial charge in [-0.25, -0.2) is 9.18 Å². The summed E-state index contributed by atoms with van der Waals surface area (Å²) in [4.78, 5) is 13.0. The van der Waals surface area contributed by atoms with Crippen molar-refractivity contribution in [2.75, 3.05) is 12.4 Å². The molecule has 178 valence electrons. The number of anilines is 1. The van der Waals surface area contributed by atoms with Crippen molar-refractivity contribution in [3.63, 3.8) is 0 Å². The van der Waals surface area contributed by atoms with Gasteiger partial charge in [-0.15, -0.1) is 0 Å². The number of tetrazole rings is 1. The van der Waals surface area contributed by atoms with Crippen molar-refractivity contribution >= 4 is 27.8 Å². The first-order valence-electron chi connectivity index (χ1n) is 10.5. The molecule has 3 aromatic rings. The molecule has 0 fully saturated rings. The van der Waals surface area contributed by atoms with Gasteiger partial charge in [-0.2, -0.15) is 4.68 Å². The molecule has 0 radical (unpaired) electrons. The second-order valence-corrected chi connectivity index (χ2v) is 8.74. The zero-order valence-electron chi connectivity index (χ0n) is 19.0. The van der Waals surface area contributed by atoms with Crippen LogP contribution in [-0.2, 0) is 16.1 Å². The second-order valence-electron chi connectivity index (χ2n) is 7.88. The highest BCUT2D eigenvalue weighted by Crippen LogP contribution is 2.43. The van der Waals surface area contributed by atoms with E-state index < -0.39 is 12.0 Å². The largest absolute Gasteiger partial charge is 0.493 e. The van der Waals surface area contributed by atoms with Crippen LogP contribution in [0.25, 0.3) is 0 Å². The normalized spacial score (nSPS) is 15.1. The number of methoxy groups -OCH3 is 1. The van der Waals surface area contributed by atoms with Crippen LogP contribution in [0, 0.1) is 5.82 Å². The van der Waals surface area contributed by atoms with Gasteiger partial charge in [0.15, 0.2) is 11.5 Å². The quantitative estimate of drug-likeness (QED) is 0.447. The van der Waals surface area contributed by atoms with E-state index in [1.54, 1.807) is 51.1 Å². The Morgan fingerprint density at radius 1 is 1.29 bits per heavy atom. The lowest BCUT2D eigenvalue weighted by molar-refractivity contribution is -0.143. The second kappa shape index (κ2) is 9.80. The van der Waals surface area contributed by atoms with Crippen molar-refractivity contribution in [2.45, 2.75) is 39.5 Å². The summed E-state index contributed by atoms with van der Waals surface area (Å²) in [5, 5.41) is 14.9. The molecule has 1 atom stereocenters. The lowest BCUT2D eigenvalue weighted by Gasteiger charge is -2.28. The zero-order chi connectivity index (χ0) is 24.4. The number of nitrogens with one attached hydrogen (secondary N) is 1. The third-order valence-corrected chi connectivity index (χ3v) is 5.76. The molecule has 0 spiro atoms. The van der Waals surface area contributed by atoms with Gasteiger partial charge in [0.25, 0.3) is 0 Å². The van der Waals surface area contributed by atoms with Gasteiger partial charge in [0.05, 0.1) is 23.3 Å². The number of carbonyl (C=O) groups excluding carboxylic acids is 1. The fourth-order valence-electron chi connectivity index (χ4n) is 3.67. The van der Waals surface area contributed by atoms with Crippen molar-refractivity contribution in [2.24, 2.45) is 0 Å². The molecule has 2 heterocycles. The van der Waals surface area contributed by atoms with Crippen molar-refractivity contribution in [3.05, 3.63) is 69.1 Å². The molecule has 9 nitrogen and oxygen atoms in total. The molecule has 2 aromatic carbocycles. The summed E-state index contributed by atoms with van der Waals surface area (Å²) < 4.78 is 33.1. The number of fused-ring (bicyclic) bond motifs is 1. The van der Waals surface area contributed by atoms with Gasteiger partial charge >= 0.3 is 5.97 Å². The molecule has 1 aromatic heterocycles. The Labute approximate surface area is 204 Å². The highest BCUT2D eigenvalue weighted by molar-refractivity contribution is 9.10.